The van der Waals surface area contributed by atoms with Gasteiger partial charge >= 0.3 is 5.97 Å². The minimum atomic E-state index is -3.17. The molecule has 1 amide bonds. The van der Waals surface area contributed by atoms with E-state index in [2.05, 4.69) is 0 Å². The number of nitro groups is 1. The molecule has 1 aromatic carbocycles. The van der Waals surface area contributed by atoms with Crippen molar-refractivity contribution in [3.05, 3.63) is 38.9 Å². The second-order valence-corrected chi connectivity index (χ2v) is 9.63. The Balaban J connectivity index is 2.05. The Morgan fingerprint density at radius 2 is 2.07 bits per heavy atom. The van der Waals surface area contributed by atoms with Crippen LogP contribution in [0.15, 0.2) is 18.2 Å². The second kappa shape index (κ2) is 8.87. The number of carbonyl (C=O) groups is 2. The molecule has 9 nitrogen and oxygen atoms in total. The zero-order chi connectivity index (χ0) is 21.1. The molecular weight excluding hydrogens is 412 g/mol. The van der Waals surface area contributed by atoms with Crippen molar-refractivity contribution >= 4 is 39.0 Å². The van der Waals surface area contributed by atoms with Gasteiger partial charge in [0, 0.05) is 24.7 Å². The molecule has 0 N–H and O–H groups in total. The van der Waals surface area contributed by atoms with E-state index >= 15 is 0 Å². The summed E-state index contributed by atoms with van der Waals surface area (Å²) in [6, 6.07) is 2.84. The fraction of sp³-hybridized carbons (Fsp3) is 0.529. The van der Waals surface area contributed by atoms with Crippen molar-refractivity contribution in [2.75, 3.05) is 24.7 Å². The SMILES string of the molecule is CC(C)CN(C(=O)COC(=O)c1ccc([N+](=O)[O-])cc1Cl)[C@H]1CCS(=O)(=O)C1. The number of hydrogen-bond acceptors (Lipinski definition) is 7. The summed E-state index contributed by atoms with van der Waals surface area (Å²) in [6.45, 7) is 3.56. The molecule has 0 aliphatic carbocycles. The molecular formula is C17H21ClN2O7S. The molecule has 0 spiro atoms. The van der Waals surface area contributed by atoms with Crippen LogP contribution in [0.4, 0.5) is 5.69 Å². The Kier molecular flexibility index (Phi) is 7.00. The number of sulfone groups is 1. The molecule has 11 heteroatoms. The van der Waals surface area contributed by atoms with Crippen LogP contribution in [0.25, 0.3) is 0 Å². The lowest BCUT2D eigenvalue weighted by Crippen LogP contribution is -2.45. The molecule has 1 heterocycles. The van der Waals surface area contributed by atoms with Gasteiger partial charge in [0.1, 0.15) is 0 Å². The number of hydrogen-bond donors (Lipinski definition) is 0. The zero-order valence-corrected chi connectivity index (χ0v) is 17.0. The van der Waals surface area contributed by atoms with Gasteiger partial charge in [0.15, 0.2) is 16.4 Å². The standard InChI is InChI=1S/C17H21ClN2O7S/c1-11(2)8-19(13-5-6-28(25,26)10-13)16(21)9-27-17(22)14-4-3-12(20(23)24)7-15(14)18/h3-4,7,11,13H,5-6,8-10H2,1-2H3/t13-/m0/s1. The number of rotatable bonds is 7. The van der Waals surface area contributed by atoms with E-state index in [9.17, 15) is 28.1 Å². The topological polar surface area (TPSA) is 124 Å². The van der Waals surface area contributed by atoms with E-state index in [0.717, 1.165) is 18.2 Å². The zero-order valence-electron chi connectivity index (χ0n) is 15.5. The van der Waals surface area contributed by atoms with Gasteiger partial charge in [-0.1, -0.05) is 25.4 Å². The maximum absolute atomic E-state index is 12.6. The highest BCUT2D eigenvalue weighted by atomic mass is 35.5. The summed E-state index contributed by atoms with van der Waals surface area (Å²) < 4.78 is 28.5. The van der Waals surface area contributed by atoms with Crippen LogP contribution in [-0.4, -0.2) is 60.8 Å². The Labute approximate surface area is 167 Å². The van der Waals surface area contributed by atoms with Crippen LogP contribution in [0.5, 0.6) is 0 Å². The first-order valence-corrected chi connectivity index (χ1v) is 10.8. The molecule has 28 heavy (non-hydrogen) atoms. The van der Waals surface area contributed by atoms with Gasteiger partial charge in [0.2, 0.25) is 0 Å². The Bertz CT molecular complexity index is 885. The van der Waals surface area contributed by atoms with Gasteiger partial charge in [-0.15, -0.1) is 0 Å². The summed E-state index contributed by atoms with van der Waals surface area (Å²) in [7, 11) is -3.17. The van der Waals surface area contributed by atoms with Crippen LogP contribution >= 0.6 is 11.6 Å². The van der Waals surface area contributed by atoms with Gasteiger partial charge in [-0.05, 0) is 18.4 Å². The van der Waals surface area contributed by atoms with Crippen LogP contribution in [0.3, 0.4) is 0 Å². The van der Waals surface area contributed by atoms with Gasteiger partial charge in [0.05, 0.1) is 27.0 Å². The summed E-state index contributed by atoms with van der Waals surface area (Å²) >= 11 is 5.88. The van der Waals surface area contributed by atoms with Crippen molar-refractivity contribution in [1.82, 2.24) is 4.90 Å². The summed E-state index contributed by atoms with van der Waals surface area (Å²) in [5.41, 5.74) is -0.373. The number of non-ortho nitro benzene ring substituents is 1. The normalized spacial score (nSPS) is 18.1. The number of nitrogens with zero attached hydrogens (tertiary/aromatic N) is 2. The lowest BCUT2D eigenvalue weighted by Gasteiger charge is -2.29. The molecule has 1 saturated heterocycles. The van der Waals surface area contributed by atoms with Crippen LogP contribution in [-0.2, 0) is 19.4 Å². The molecule has 0 bridgehead atoms. The van der Waals surface area contributed by atoms with E-state index in [1.807, 2.05) is 13.8 Å². The molecule has 1 fully saturated rings. The third-order valence-corrected chi connectivity index (χ3v) is 6.30. The van der Waals surface area contributed by atoms with E-state index in [1.165, 1.54) is 4.90 Å². The lowest BCUT2D eigenvalue weighted by molar-refractivity contribution is -0.384. The quantitative estimate of drug-likeness (QED) is 0.367. The number of halogens is 1. The average molecular weight is 433 g/mol. The predicted octanol–water partition coefficient (Wildman–Crippen LogP) is 2.08. The van der Waals surface area contributed by atoms with Gasteiger partial charge in [0.25, 0.3) is 11.6 Å². The minimum Gasteiger partial charge on any atom is -0.452 e. The predicted molar refractivity (Wildman–Crippen MR) is 102 cm³/mol. The average Bonchev–Trinajstić information content (AvgIpc) is 2.96. The number of ether oxygens (including phenoxy) is 1. The first-order chi connectivity index (χ1) is 13.0. The molecule has 1 aliphatic heterocycles. The van der Waals surface area contributed by atoms with Crippen molar-refractivity contribution in [3.63, 3.8) is 0 Å². The highest BCUT2D eigenvalue weighted by Gasteiger charge is 2.35. The molecule has 0 radical (unpaired) electrons. The second-order valence-electron chi connectivity index (χ2n) is 6.99. The largest absolute Gasteiger partial charge is 0.452 e. The van der Waals surface area contributed by atoms with Gasteiger partial charge < -0.3 is 9.64 Å². The molecule has 0 saturated carbocycles. The Morgan fingerprint density at radius 3 is 2.57 bits per heavy atom. The van der Waals surface area contributed by atoms with E-state index in [1.54, 1.807) is 0 Å². The maximum atomic E-state index is 12.6. The lowest BCUT2D eigenvalue weighted by atomic mass is 10.1. The highest BCUT2D eigenvalue weighted by molar-refractivity contribution is 7.91. The van der Waals surface area contributed by atoms with E-state index in [4.69, 9.17) is 16.3 Å². The van der Waals surface area contributed by atoms with Crippen LogP contribution in [0.1, 0.15) is 30.6 Å². The van der Waals surface area contributed by atoms with Gasteiger partial charge in [-0.25, -0.2) is 13.2 Å². The maximum Gasteiger partial charge on any atom is 0.340 e. The molecule has 1 aromatic rings. The first kappa shape index (κ1) is 22.1. The van der Waals surface area contributed by atoms with Gasteiger partial charge in [-0.3, -0.25) is 14.9 Å². The smallest absolute Gasteiger partial charge is 0.340 e. The number of benzene rings is 1. The summed E-state index contributed by atoms with van der Waals surface area (Å²) in [4.78, 5) is 36.3. The summed E-state index contributed by atoms with van der Waals surface area (Å²) in [6.07, 6.45) is 0.350. The number of carbonyl (C=O) groups excluding carboxylic acids is 2. The van der Waals surface area contributed by atoms with Crippen molar-refractivity contribution in [2.45, 2.75) is 26.3 Å². The number of nitro benzene ring substituents is 1. The summed E-state index contributed by atoms with van der Waals surface area (Å²) in [5.74, 6) is -1.36. The fourth-order valence-corrected chi connectivity index (χ4v) is 4.92. The third kappa shape index (κ3) is 5.65. The Hall–Kier alpha value is -2.20. The molecule has 154 valence electrons. The fourth-order valence-electron chi connectivity index (χ4n) is 2.94. The molecule has 1 atom stereocenters. The van der Waals surface area contributed by atoms with Crippen molar-refractivity contribution in [2.24, 2.45) is 5.92 Å². The van der Waals surface area contributed by atoms with E-state index in [-0.39, 0.29) is 33.7 Å². The summed E-state index contributed by atoms with van der Waals surface area (Å²) in [5, 5.41) is 10.6. The third-order valence-electron chi connectivity index (χ3n) is 4.24. The van der Waals surface area contributed by atoms with Crippen LogP contribution < -0.4 is 0 Å². The van der Waals surface area contributed by atoms with Crippen LogP contribution in [0, 0.1) is 16.0 Å². The van der Waals surface area contributed by atoms with Crippen LogP contribution in [0.2, 0.25) is 5.02 Å². The highest BCUT2D eigenvalue weighted by Crippen LogP contribution is 2.23. The first-order valence-electron chi connectivity index (χ1n) is 8.61. The monoisotopic (exact) mass is 432 g/mol. The van der Waals surface area contributed by atoms with Crippen molar-refractivity contribution in [3.8, 4) is 0 Å². The Morgan fingerprint density at radius 1 is 1.39 bits per heavy atom. The van der Waals surface area contributed by atoms with Gasteiger partial charge in [-0.2, -0.15) is 0 Å². The van der Waals surface area contributed by atoms with Crippen molar-refractivity contribution in [1.29, 1.82) is 0 Å². The van der Waals surface area contributed by atoms with E-state index < -0.39 is 39.3 Å². The molecule has 0 unspecified atom stereocenters. The molecule has 0 aromatic heterocycles. The molecule has 2 rings (SSSR count). The van der Waals surface area contributed by atoms with E-state index in [0.29, 0.717) is 13.0 Å². The number of esters is 1. The molecule has 1 aliphatic rings. The number of amides is 1. The minimum absolute atomic E-state index is 0.0255. The van der Waals surface area contributed by atoms with Crippen molar-refractivity contribution < 1.29 is 27.7 Å².